The lowest BCUT2D eigenvalue weighted by atomic mass is 10.2. The molecule has 0 fully saturated rings. The fraction of sp³-hybridized carbons (Fsp3) is 0.100. The fourth-order valence-corrected chi connectivity index (χ4v) is 2.45. The summed E-state index contributed by atoms with van der Waals surface area (Å²) in [5.74, 6) is 0. The maximum atomic E-state index is 9.49. The smallest absolute Gasteiger partial charge is 0.318 e. The molecule has 0 saturated carbocycles. The second-order valence-corrected chi connectivity index (χ2v) is 4.37. The van der Waals surface area contributed by atoms with Crippen LogP contribution in [0.4, 0.5) is 0 Å². The number of rotatable bonds is 1. The average molecular weight is 232 g/mol. The molecule has 16 heavy (non-hydrogen) atoms. The molecule has 3 aromatic rings. The molecule has 0 spiro atoms. The van der Waals surface area contributed by atoms with E-state index in [0.717, 1.165) is 10.4 Å². The monoisotopic (exact) mass is 232 g/mol. The minimum Gasteiger partial charge on any atom is -0.479 e. The van der Waals surface area contributed by atoms with Gasteiger partial charge in [0.2, 0.25) is 0 Å². The van der Waals surface area contributed by atoms with Gasteiger partial charge in [0.1, 0.15) is 6.33 Å². The minimum absolute atomic E-state index is 0.149. The molecular weight excluding hydrogens is 224 g/mol. The molecular formula is C10H8N4OS. The van der Waals surface area contributed by atoms with Gasteiger partial charge in [-0.2, -0.15) is 14.6 Å². The van der Waals surface area contributed by atoms with Gasteiger partial charge in [-0.05, 0) is 23.9 Å². The summed E-state index contributed by atoms with van der Waals surface area (Å²) in [6, 6.07) is 1.92. The Bertz CT molecular complexity index is 658. The fourth-order valence-electron chi connectivity index (χ4n) is 1.55. The number of fused-ring (bicyclic) bond motifs is 1. The van der Waals surface area contributed by atoms with E-state index in [9.17, 15) is 5.11 Å². The third-order valence-electron chi connectivity index (χ3n) is 2.28. The van der Waals surface area contributed by atoms with Crippen molar-refractivity contribution in [1.29, 1.82) is 0 Å². The standard InChI is InChI=1S/C10H8N4OS/c1-6-2-8(16-4-6)7-3-13-14-9(7)11-5-12-10(14)15/h2-5H,1H3,(H,11,12,15). The van der Waals surface area contributed by atoms with Crippen molar-refractivity contribution >= 4 is 17.0 Å². The van der Waals surface area contributed by atoms with Gasteiger partial charge < -0.3 is 5.11 Å². The first-order chi connectivity index (χ1) is 7.75. The van der Waals surface area contributed by atoms with Crippen molar-refractivity contribution in [3.63, 3.8) is 0 Å². The predicted octanol–water partition coefficient (Wildman–Crippen LogP) is 1.87. The molecule has 0 aliphatic carbocycles. The van der Waals surface area contributed by atoms with E-state index >= 15 is 0 Å². The maximum Gasteiger partial charge on any atom is 0.318 e. The summed E-state index contributed by atoms with van der Waals surface area (Å²) in [5.41, 5.74) is 2.74. The lowest BCUT2D eigenvalue weighted by Gasteiger charge is -1.95. The molecule has 0 aromatic carbocycles. The number of aromatic nitrogens is 4. The highest BCUT2D eigenvalue weighted by Crippen LogP contribution is 2.29. The molecule has 1 N–H and O–H groups in total. The van der Waals surface area contributed by atoms with E-state index < -0.39 is 0 Å². The van der Waals surface area contributed by atoms with Gasteiger partial charge in [0.05, 0.1) is 11.8 Å². The van der Waals surface area contributed by atoms with Gasteiger partial charge in [-0.1, -0.05) is 0 Å². The van der Waals surface area contributed by atoms with Crippen molar-refractivity contribution in [3.05, 3.63) is 29.5 Å². The van der Waals surface area contributed by atoms with Crippen LogP contribution < -0.4 is 0 Å². The highest BCUT2D eigenvalue weighted by molar-refractivity contribution is 7.13. The van der Waals surface area contributed by atoms with Gasteiger partial charge >= 0.3 is 6.01 Å². The molecule has 0 unspecified atom stereocenters. The summed E-state index contributed by atoms with van der Waals surface area (Å²) < 4.78 is 1.32. The van der Waals surface area contributed by atoms with E-state index in [0.29, 0.717) is 5.65 Å². The van der Waals surface area contributed by atoms with E-state index in [1.54, 1.807) is 17.5 Å². The first-order valence-corrected chi connectivity index (χ1v) is 5.57. The molecule has 0 amide bonds. The normalized spacial score (nSPS) is 11.1. The lowest BCUT2D eigenvalue weighted by Crippen LogP contribution is -1.93. The number of aryl methyl sites for hydroxylation is 1. The van der Waals surface area contributed by atoms with Crippen molar-refractivity contribution < 1.29 is 5.11 Å². The van der Waals surface area contributed by atoms with Gasteiger partial charge in [0, 0.05) is 4.88 Å². The molecule has 0 saturated heterocycles. The van der Waals surface area contributed by atoms with Crippen LogP contribution in [0.1, 0.15) is 5.56 Å². The number of nitrogens with zero attached hydrogens (tertiary/aromatic N) is 4. The molecule has 0 radical (unpaired) electrons. The third kappa shape index (κ3) is 1.27. The van der Waals surface area contributed by atoms with Crippen LogP contribution in [-0.2, 0) is 0 Å². The van der Waals surface area contributed by atoms with E-state index in [-0.39, 0.29) is 6.01 Å². The summed E-state index contributed by atoms with van der Waals surface area (Å²) in [6.07, 6.45) is 3.02. The van der Waals surface area contributed by atoms with Gasteiger partial charge in [-0.3, -0.25) is 0 Å². The first kappa shape index (κ1) is 9.29. The number of aromatic hydroxyl groups is 1. The van der Waals surface area contributed by atoms with E-state index in [1.807, 2.05) is 6.92 Å². The Morgan fingerprint density at radius 3 is 3.00 bits per heavy atom. The van der Waals surface area contributed by atoms with E-state index in [1.165, 1.54) is 16.4 Å². The van der Waals surface area contributed by atoms with Crippen LogP contribution in [0.15, 0.2) is 24.0 Å². The topological polar surface area (TPSA) is 63.3 Å². The molecule has 80 valence electrons. The Morgan fingerprint density at radius 1 is 1.38 bits per heavy atom. The summed E-state index contributed by atoms with van der Waals surface area (Å²) in [5, 5.41) is 15.6. The lowest BCUT2D eigenvalue weighted by molar-refractivity contribution is 0.411. The highest BCUT2D eigenvalue weighted by atomic mass is 32.1. The molecule has 0 bridgehead atoms. The van der Waals surface area contributed by atoms with Gasteiger partial charge in [-0.15, -0.1) is 11.3 Å². The van der Waals surface area contributed by atoms with Gasteiger partial charge in [0.25, 0.3) is 0 Å². The van der Waals surface area contributed by atoms with Crippen molar-refractivity contribution in [2.24, 2.45) is 0 Å². The second kappa shape index (κ2) is 3.28. The zero-order valence-electron chi connectivity index (χ0n) is 8.45. The van der Waals surface area contributed by atoms with Crippen LogP contribution in [0, 0.1) is 6.92 Å². The molecule has 6 heteroatoms. The number of hydrogen-bond donors (Lipinski definition) is 1. The molecule has 0 atom stereocenters. The molecule has 3 aromatic heterocycles. The van der Waals surface area contributed by atoms with Crippen molar-refractivity contribution in [2.75, 3.05) is 0 Å². The molecule has 3 heterocycles. The van der Waals surface area contributed by atoms with Crippen LogP contribution in [0.3, 0.4) is 0 Å². The molecule has 5 nitrogen and oxygen atoms in total. The third-order valence-corrected chi connectivity index (χ3v) is 3.36. The van der Waals surface area contributed by atoms with Gasteiger partial charge in [-0.25, -0.2) is 4.98 Å². The van der Waals surface area contributed by atoms with Crippen molar-refractivity contribution in [2.45, 2.75) is 6.92 Å². The summed E-state index contributed by atoms with van der Waals surface area (Å²) in [6.45, 7) is 2.04. The summed E-state index contributed by atoms with van der Waals surface area (Å²) in [7, 11) is 0. The zero-order chi connectivity index (χ0) is 11.1. The Kier molecular flexibility index (Phi) is 1.90. The minimum atomic E-state index is -0.149. The van der Waals surface area contributed by atoms with Crippen molar-refractivity contribution in [3.8, 4) is 16.5 Å². The first-order valence-electron chi connectivity index (χ1n) is 4.69. The predicted molar refractivity (Wildman–Crippen MR) is 60.5 cm³/mol. The Labute approximate surface area is 95.0 Å². The van der Waals surface area contributed by atoms with E-state index in [2.05, 4.69) is 26.5 Å². The summed E-state index contributed by atoms with van der Waals surface area (Å²) in [4.78, 5) is 8.88. The van der Waals surface area contributed by atoms with Crippen LogP contribution in [0.25, 0.3) is 16.1 Å². The molecule has 0 aliphatic heterocycles. The van der Waals surface area contributed by atoms with Gasteiger partial charge in [0.15, 0.2) is 5.65 Å². The SMILES string of the molecule is Cc1csc(-c2cnn3c(O)ncnc23)c1. The Morgan fingerprint density at radius 2 is 2.25 bits per heavy atom. The zero-order valence-corrected chi connectivity index (χ0v) is 9.27. The average Bonchev–Trinajstić information content (AvgIpc) is 2.84. The van der Waals surface area contributed by atoms with Crippen LogP contribution in [0.2, 0.25) is 0 Å². The van der Waals surface area contributed by atoms with Crippen LogP contribution in [-0.4, -0.2) is 24.7 Å². The maximum absolute atomic E-state index is 9.49. The summed E-state index contributed by atoms with van der Waals surface area (Å²) >= 11 is 1.63. The largest absolute Gasteiger partial charge is 0.479 e. The molecule has 0 aliphatic rings. The van der Waals surface area contributed by atoms with Crippen molar-refractivity contribution in [1.82, 2.24) is 19.6 Å². The highest BCUT2D eigenvalue weighted by Gasteiger charge is 2.11. The molecule has 3 rings (SSSR count). The second-order valence-electron chi connectivity index (χ2n) is 3.46. The Hall–Kier alpha value is -1.95. The van der Waals surface area contributed by atoms with E-state index in [4.69, 9.17) is 0 Å². The number of hydrogen-bond acceptors (Lipinski definition) is 5. The quantitative estimate of drug-likeness (QED) is 0.695. The number of thiophene rings is 1. The van der Waals surface area contributed by atoms with Crippen LogP contribution >= 0.6 is 11.3 Å². The Balaban J connectivity index is 2.29. The van der Waals surface area contributed by atoms with Crippen LogP contribution in [0.5, 0.6) is 6.01 Å².